The van der Waals surface area contributed by atoms with Gasteiger partial charge in [0.1, 0.15) is 23.4 Å². The molecule has 8 rings (SSSR count). The Morgan fingerprint density at radius 3 is 2.21 bits per heavy atom. The number of rotatable bonds is 16. The summed E-state index contributed by atoms with van der Waals surface area (Å²) in [6, 6.07) is 17.3. The molecule has 3 aromatic heterocycles. The summed E-state index contributed by atoms with van der Waals surface area (Å²) in [6.45, 7) is 11.3. The SMILES string of the molecule is C[C@@H](Oc1ccc2[nH]nc(-c3ccc(N4CCN(C(=O)CCOCCOCCN5CCN(c6ccc(N7CCC(=O)NC7=O)cc6)CC5)CC4)nc3)c2c1)c1c(Cl)cncc1Cl. The van der Waals surface area contributed by atoms with E-state index in [4.69, 9.17) is 42.4 Å². The molecule has 4 amide bonds. The Bertz CT molecular complexity index is 2310. The number of carbonyl (C=O) groups is 3. The third-order valence-electron chi connectivity index (χ3n) is 11.5. The summed E-state index contributed by atoms with van der Waals surface area (Å²) in [4.78, 5) is 55.8. The van der Waals surface area contributed by atoms with Gasteiger partial charge in [-0.1, -0.05) is 23.2 Å². The van der Waals surface area contributed by atoms with Crippen LogP contribution in [-0.2, 0) is 19.1 Å². The lowest BCUT2D eigenvalue weighted by atomic mass is 10.1. The van der Waals surface area contributed by atoms with Crippen molar-refractivity contribution in [3.8, 4) is 17.0 Å². The van der Waals surface area contributed by atoms with Crippen LogP contribution >= 0.6 is 23.2 Å². The molecule has 0 spiro atoms. The van der Waals surface area contributed by atoms with Crippen LogP contribution in [0.3, 0.4) is 0 Å². The van der Waals surface area contributed by atoms with Crippen LogP contribution in [0, 0.1) is 0 Å². The molecule has 0 unspecified atom stereocenters. The highest BCUT2D eigenvalue weighted by molar-refractivity contribution is 6.35. The number of pyridine rings is 2. The van der Waals surface area contributed by atoms with Crippen LogP contribution < -0.4 is 24.8 Å². The first-order valence-electron chi connectivity index (χ1n) is 21.0. The number of nitrogens with zero attached hydrogens (tertiary/aromatic N) is 8. The van der Waals surface area contributed by atoms with E-state index in [9.17, 15) is 14.4 Å². The van der Waals surface area contributed by atoms with Crippen molar-refractivity contribution < 1.29 is 28.6 Å². The minimum Gasteiger partial charge on any atom is -0.486 e. The number of benzene rings is 2. The molecule has 18 heteroatoms. The first kappa shape index (κ1) is 43.1. The molecule has 326 valence electrons. The molecule has 16 nitrogen and oxygen atoms in total. The molecule has 3 aliphatic rings. The zero-order valence-corrected chi connectivity index (χ0v) is 36.1. The Hall–Kier alpha value is -5.52. The van der Waals surface area contributed by atoms with E-state index < -0.39 is 6.10 Å². The van der Waals surface area contributed by atoms with Crippen molar-refractivity contribution in [2.24, 2.45) is 0 Å². The Morgan fingerprint density at radius 1 is 0.790 bits per heavy atom. The number of fused-ring (bicyclic) bond motifs is 1. The predicted molar refractivity (Wildman–Crippen MR) is 238 cm³/mol. The first-order chi connectivity index (χ1) is 30.2. The van der Waals surface area contributed by atoms with Gasteiger partial charge in [-0.25, -0.2) is 9.78 Å². The van der Waals surface area contributed by atoms with E-state index in [-0.39, 0.29) is 17.8 Å². The van der Waals surface area contributed by atoms with Gasteiger partial charge in [-0.05, 0) is 61.5 Å². The Morgan fingerprint density at radius 2 is 1.50 bits per heavy atom. The smallest absolute Gasteiger partial charge is 0.328 e. The van der Waals surface area contributed by atoms with E-state index >= 15 is 0 Å². The fourth-order valence-corrected chi connectivity index (χ4v) is 8.65. The summed E-state index contributed by atoms with van der Waals surface area (Å²) < 4.78 is 17.8. The zero-order chi connectivity index (χ0) is 43.0. The second-order valence-electron chi connectivity index (χ2n) is 15.4. The zero-order valence-electron chi connectivity index (χ0n) is 34.6. The summed E-state index contributed by atoms with van der Waals surface area (Å²) >= 11 is 12.7. The molecule has 1 atom stereocenters. The van der Waals surface area contributed by atoms with E-state index in [1.807, 2.05) is 72.6 Å². The summed E-state index contributed by atoms with van der Waals surface area (Å²) in [5.74, 6) is 1.36. The molecule has 2 aromatic carbocycles. The molecule has 3 aliphatic heterocycles. The number of carbonyl (C=O) groups excluding carboxylic acids is 3. The summed E-state index contributed by atoms with van der Waals surface area (Å²) in [6.07, 6.45) is 5.18. The van der Waals surface area contributed by atoms with Crippen LogP contribution in [0.2, 0.25) is 10.0 Å². The van der Waals surface area contributed by atoms with Gasteiger partial charge in [0.25, 0.3) is 0 Å². The van der Waals surface area contributed by atoms with Gasteiger partial charge in [0.2, 0.25) is 11.8 Å². The molecule has 6 heterocycles. The van der Waals surface area contributed by atoms with Crippen molar-refractivity contribution in [2.75, 3.05) is 107 Å². The van der Waals surface area contributed by atoms with Crippen LogP contribution in [0.15, 0.2) is 73.2 Å². The van der Waals surface area contributed by atoms with E-state index in [0.29, 0.717) is 93.4 Å². The number of hydrogen-bond acceptors (Lipinski definition) is 12. The van der Waals surface area contributed by atoms with Crippen LogP contribution in [0.1, 0.15) is 31.4 Å². The van der Waals surface area contributed by atoms with Crippen molar-refractivity contribution in [3.63, 3.8) is 0 Å². The lowest BCUT2D eigenvalue weighted by Gasteiger charge is -2.36. The molecule has 5 aromatic rings. The molecule has 3 fully saturated rings. The van der Waals surface area contributed by atoms with Gasteiger partial charge in [-0.15, -0.1) is 0 Å². The molecule has 62 heavy (non-hydrogen) atoms. The van der Waals surface area contributed by atoms with Crippen molar-refractivity contribution in [1.29, 1.82) is 0 Å². The molecular formula is C44H50Cl2N10O6. The summed E-state index contributed by atoms with van der Waals surface area (Å²) in [7, 11) is 0. The molecule has 3 saturated heterocycles. The number of H-pyrrole nitrogens is 1. The number of aromatic amines is 1. The average Bonchev–Trinajstić information content (AvgIpc) is 3.71. The van der Waals surface area contributed by atoms with E-state index in [1.54, 1.807) is 17.3 Å². The number of piperazine rings is 2. The Balaban J connectivity index is 0.693. The molecule has 0 saturated carbocycles. The van der Waals surface area contributed by atoms with Crippen LogP contribution in [0.5, 0.6) is 5.75 Å². The fourth-order valence-electron chi connectivity index (χ4n) is 7.97. The van der Waals surface area contributed by atoms with Crippen molar-refractivity contribution in [1.82, 2.24) is 35.3 Å². The van der Waals surface area contributed by atoms with Crippen LogP contribution in [0.4, 0.5) is 22.0 Å². The number of ether oxygens (including phenoxy) is 3. The number of amides is 4. The number of halogens is 2. The molecular weight excluding hydrogens is 835 g/mol. The standard InChI is InChI=1S/C44H50Cl2N10O6/c1-30(42-36(45)28-47-29-37(42)46)62-34-7-8-38-35(26-34)43(51-50-38)31-2-9-39(48-27-31)54-17-19-55(20-18-54)41(58)11-22-60-24-25-61-23-21-52-13-15-53(16-14-52)32-3-5-33(6-4-32)56-12-10-40(57)49-44(56)59/h2-9,26-30H,10-25H2,1H3,(H,50,51)(H,49,57,59)/t30-/m1/s1. The highest BCUT2D eigenvalue weighted by atomic mass is 35.5. The quantitative estimate of drug-likeness (QED) is 0.115. The highest BCUT2D eigenvalue weighted by Crippen LogP contribution is 2.35. The lowest BCUT2D eigenvalue weighted by molar-refractivity contribution is -0.132. The topological polar surface area (TPSA) is 162 Å². The number of nitrogens with one attached hydrogen (secondary N) is 2. The van der Waals surface area contributed by atoms with Gasteiger partial charge in [-0.2, -0.15) is 5.10 Å². The summed E-state index contributed by atoms with van der Waals surface area (Å²) in [5, 5.41) is 11.8. The van der Waals surface area contributed by atoms with Crippen molar-refractivity contribution in [3.05, 3.63) is 88.8 Å². The molecule has 0 radical (unpaired) electrons. The molecule has 0 aliphatic carbocycles. The van der Waals surface area contributed by atoms with Gasteiger partial charge in [-0.3, -0.25) is 34.8 Å². The maximum absolute atomic E-state index is 12.9. The second-order valence-corrected chi connectivity index (χ2v) is 16.2. The van der Waals surface area contributed by atoms with Gasteiger partial charge >= 0.3 is 6.03 Å². The third-order valence-corrected chi connectivity index (χ3v) is 12.1. The molecule has 2 N–H and O–H groups in total. The monoisotopic (exact) mass is 884 g/mol. The number of imide groups is 1. The average molecular weight is 886 g/mol. The fraction of sp³-hybridized carbons (Fsp3) is 0.409. The second kappa shape index (κ2) is 20.1. The van der Waals surface area contributed by atoms with Crippen molar-refractivity contribution in [2.45, 2.75) is 25.9 Å². The maximum atomic E-state index is 12.9. The third kappa shape index (κ3) is 10.4. The van der Waals surface area contributed by atoms with E-state index in [1.165, 1.54) is 0 Å². The van der Waals surface area contributed by atoms with E-state index in [2.05, 4.69) is 35.2 Å². The normalized spacial score (nSPS) is 16.8. The number of anilines is 3. The largest absolute Gasteiger partial charge is 0.486 e. The minimum atomic E-state index is -0.396. The Labute approximate surface area is 370 Å². The predicted octanol–water partition coefficient (Wildman–Crippen LogP) is 5.81. The number of urea groups is 1. The number of hydrogen-bond donors (Lipinski definition) is 2. The van der Waals surface area contributed by atoms with Gasteiger partial charge in [0.15, 0.2) is 0 Å². The lowest BCUT2D eigenvalue weighted by Crippen LogP contribution is -2.49. The van der Waals surface area contributed by atoms with Gasteiger partial charge in [0.05, 0.1) is 48.4 Å². The van der Waals surface area contributed by atoms with Crippen LogP contribution in [0.25, 0.3) is 22.2 Å². The first-order valence-corrected chi connectivity index (χ1v) is 21.7. The van der Waals surface area contributed by atoms with Crippen molar-refractivity contribution >= 4 is 69.1 Å². The van der Waals surface area contributed by atoms with E-state index in [0.717, 1.165) is 72.1 Å². The minimum absolute atomic E-state index is 0.0891. The maximum Gasteiger partial charge on any atom is 0.328 e. The summed E-state index contributed by atoms with van der Waals surface area (Å²) in [5.41, 5.74) is 5.09. The Kier molecular flexibility index (Phi) is 14.0. The van der Waals surface area contributed by atoms with Gasteiger partial charge < -0.3 is 28.9 Å². The highest BCUT2D eigenvalue weighted by Gasteiger charge is 2.26. The van der Waals surface area contributed by atoms with Gasteiger partial charge in [0, 0.05) is 118 Å². The number of aromatic nitrogens is 4. The van der Waals surface area contributed by atoms with Crippen LogP contribution in [-0.4, -0.2) is 140 Å². The molecule has 0 bridgehead atoms.